The number of morpholine rings is 1. The summed E-state index contributed by atoms with van der Waals surface area (Å²) in [6.07, 6.45) is -11.8. The van der Waals surface area contributed by atoms with Crippen molar-refractivity contribution in [2.75, 3.05) is 31.6 Å². The highest BCUT2D eigenvalue weighted by molar-refractivity contribution is 7.89. The Morgan fingerprint density at radius 3 is 2.07 bits per heavy atom. The van der Waals surface area contributed by atoms with Crippen LogP contribution < -0.4 is 5.32 Å². The van der Waals surface area contributed by atoms with E-state index >= 15 is 0 Å². The maximum atomic E-state index is 13.0. The molecule has 1 N–H and O–H groups in total. The van der Waals surface area contributed by atoms with Crippen molar-refractivity contribution >= 4 is 21.6 Å². The molecular weight excluding hydrogens is 430 g/mol. The molecule has 1 aromatic rings. The van der Waals surface area contributed by atoms with E-state index in [2.05, 4.69) is 0 Å². The molecule has 29 heavy (non-hydrogen) atoms. The van der Waals surface area contributed by atoms with E-state index in [9.17, 15) is 39.6 Å². The number of hydrogen-bond donors (Lipinski definition) is 1. The summed E-state index contributed by atoms with van der Waals surface area (Å²) in [5.41, 5.74) is -4.97. The van der Waals surface area contributed by atoms with Crippen molar-refractivity contribution in [3.8, 4) is 0 Å². The predicted molar refractivity (Wildman–Crippen MR) is 89.6 cm³/mol. The smallest absolute Gasteiger partial charge is 0.379 e. The first-order chi connectivity index (χ1) is 13.1. The standard InChI is InChI=1S/C16H18F6N2O4S/c1-10-3-4-11(9-12(10)29(26,27)24-5-7-28-8-6-24)23-13(25)14(2,15(17,18)19)16(20,21)22/h3-4,9H,5-8H2,1-2H3,(H,23,25). The molecule has 0 unspecified atom stereocenters. The van der Waals surface area contributed by atoms with E-state index in [1.165, 1.54) is 13.0 Å². The molecule has 0 saturated carbocycles. The minimum atomic E-state index is -5.91. The highest BCUT2D eigenvalue weighted by Gasteiger charge is 2.72. The number of sulfonamides is 1. The van der Waals surface area contributed by atoms with E-state index in [0.29, 0.717) is 0 Å². The molecule has 1 aliphatic rings. The topological polar surface area (TPSA) is 75.7 Å². The maximum absolute atomic E-state index is 13.0. The lowest BCUT2D eigenvalue weighted by molar-refractivity contribution is -0.317. The summed E-state index contributed by atoms with van der Waals surface area (Å²) in [4.78, 5) is 11.6. The number of carbonyl (C=O) groups is 1. The van der Waals surface area contributed by atoms with Crippen LogP contribution in [0, 0.1) is 12.3 Å². The van der Waals surface area contributed by atoms with Gasteiger partial charge in [-0.05, 0) is 31.5 Å². The first-order valence-electron chi connectivity index (χ1n) is 8.26. The normalized spacial score (nSPS) is 17.2. The monoisotopic (exact) mass is 448 g/mol. The molecule has 1 fully saturated rings. The maximum Gasteiger partial charge on any atom is 0.411 e. The summed E-state index contributed by atoms with van der Waals surface area (Å²) in [6.45, 7) is 1.50. The fraction of sp³-hybridized carbons (Fsp3) is 0.562. The van der Waals surface area contributed by atoms with E-state index in [-0.39, 0.29) is 43.7 Å². The number of alkyl halides is 6. The van der Waals surface area contributed by atoms with Gasteiger partial charge in [0.25, 0.3) is 0 Å². The summed E-state index contributed by atoms with van der Waals surface area (Å²) in [5, 5.41) is 1.55. The Labute approximate surface area is 162 Å². The summed E-state index contributed by atoms with van der Waals surface area (Å²) in [6, 6.07) is 3.05. The average Bonchev–Trinajstić information content (AvgIpc) is 2.61. The third-order valence-corrected chi connectivity index (χ3v) is 6.66. The third-order valence-electron chi connectivity index (χ3n) is 4.62. The molecule has 13 heteroatoms. The van der Waals surface area contributed by atoms with Gasteiger partial charge in [0.05, 0.1) is 18.1 Å². The zero-order valence-corrected chi connectivity index (χ0v) is 16.1. The van der Waals surface area contributed by atoms with Gasteiger partial charge >= 0.3 is 12.4 Å². The van der Waals surface area contributed by atoms with Crippen LogP contribution in [0.25, 0.3) is 0 Å². The van der Waals surface area contributed by atoms with Crippen molar-refractivity contribution in [2.45, 2.75) is 31.1 Å². The van der Waals surface area contributed by atoms with Crippen LogP contribution in [0.2, 0.25) is 0 Å². The average molecular weight is 448 g/mol. The first kappa shape index (κ1) is 23.4. The molecule has 0 bridgehead atoms. The number of hydrogen-bond acceptors (Lipinski definition) is 4. The SMILES string of the molecule is Cc1ccc(NC(=O)C(C)(C(F)(F)F)C(F)(F)F)cc1S(=O)(=O)N1CCOCC1. The van der Waals surface area contributed by atoms with Gasteiger partial charge in [-0.1, -0.05) is 6.07 Å². The Hall–Kier alpha value is -1.86. The third kappa shape index (κ3) is 4.36. The molecule has 0 atom stereocenters. The Morgan fingerprint density at radius 2 is 1.59 bits per heavy atom. The van der Waals surface area contributed by atoms with Crippen LogP contribution in [-0.4, -0.2) is 57.3 Å². The van der Waals surface area contributed by atoms with Crippen molar-refractivity contribution in [3.05, 3.63) is 23.8 Å². The molecule has 1 aromatic carbocycles. The van der Waals surface area contributed by atoms with Gasteiger partial charge in [-0.25, -0.2) is 8.42 Å². The van der Waals surface area contributed by atoms with E-state index in [1.807, 2.05) is 0 Å². The van der Waals surface area contributed by atoms with Crippen molar-refractivity contribution in [3.63, 3.8) is 0 Å². The second kappa shape index (κ2) is 7.76. The molecule has 1 amide bonds. The number of benzene rings is 1. The first-order valence-corrected chi connectivity index (χ1v) is 9.70. The van der Waals surface area contributed by atoms with Crippen molar-refractivity contribution in [2.24, 2.45) is 5.41 Å². The molecule has 1 heterocycles. The van der Waals surface area contributed by atoms with Gasteiger partial charge in [0.15, 0.2) is 0 Å². The summed E-state index contributed by atoms with van der Waals surface area (Å²) in [5.74, 6) is -2.36. The highest BCUT2D eigenvalue weighted by atomic mass is 32.2. The van der Waals surface area contributed by atoms with Gasteiger partial charge in [0.2, 0.25) is 21.3 Å². The van der Waals surface area contributed by atoms with Gasteiger partial charge < -0.3 is 10.1 Å². The molecule has 164 valence electrons. The quantitative estimate of drug-likeness (QED) is 0.719. The number of anilines is 1. The summed E-state index contributed by atoms with van der Waals surface area (Å²) in [7, 11) is -4.09. The Kier molecular flexibility index (Phi) is 6.27. The zero-order valence-electron chi connectivity index (χ0n) is 15.3. The molecule has 1 aliphatic heterocycles. The lowest BCUT2D eigenvalue weighted by atomic mass is 9.87. The van der Waals surface area contributed by atoms with Gasteiger partial charge in [0, 0.05) is 18.8 Å². The number of amides is 1. The van der Waals surface area contributed by atoms with Crippen molar-refractivity contribution < 1.29 is 44.3 Å². The number of carbonyl (C=O) groups excluding carboxylic acids is 1. The van der Waals surface area contributed by atoms with Crippen LogP contribution in [0.5, 0.6) is 0 Å². The number of nitrogens with zero attached hydrogens (tertiary/aromatic N) is 1. The van der Waals surface area contributed by atoms with Crippen LogP contribution in [0.15, 0.2) is 23.1 Å². The zero-order chi connectivity index (χ0) is 22.3. The summed E-state index contributed by atoms with van der Waals surface area (Å²) < 4.78 is 110. The van der Waals surface area contributed by atoms with E-state index in [1.54, 1.807) is 5.32 Å². The minimum absolute atomic E-state index is 0.0403. The van der Waals surface area contributed by atoms with E-state index < -0.39 is 39.4 Å². The van der Waals surface area contributed by atoms with Crippen molar-refractivity contribution in [1.82, 2.24) is 4.31 Å². The van der Waals surface area contributed by atoms with Gasteiger partial charge in [0.1, 0.15) is 0 Å². The van der Waals surface area contributed by atoms with Gasteiger partial charge in [-0.3, -0.25) is 4.79 Å². The van der Waals surface area contributed by atoms with E-state index in [0.717, 1.165) is 16.4 Å². The van der Waals surface area contributed by atoms with Crippen LogP contribution in [0.3, 0.4) is 0 Å². The van der Waals surface area contributed by atoms with E-state index in [4.69, 9.17) is 4.74 Å². The fourth-order valence-electron chi connectivity index (χ4n) is 2.56. The molecule has 0 aromatic heterocycles. The number of aryl methyl sites for hydroxylation is 1. The predicted octanol–water partition coefficient (Wildman–Crippen LogP) is 3.09. The largest absolute Gasteiger partial charge is 0.411 e. The molecule has 0 spiro atoms. The van der Waals surface area contributed by atoms with Crippen LogP contribution in [0.1, 0.15) is 12.5 Å². The van der Waals surface area contributed by atoms with Gasteiger partial charge in [-0.15, -0.1) is 0 Å². The molecule has 0 aliphatic carbocycles. The van der Waals surface area contributed by atoms with Gasteiger partial charge in [-0.2, -0.15) is 30.6 Å². The number of nitrogens with one attached hydrogen (secondary N) is 1. The number of ether oxygens (including phenoxy) is 1. The molecular formula is C16H18F6N2O4S. The molecule has 0 radical (unpaired) electrons. The van der Waals surface area contributed by atoms with Crippen LogP contribution >= 0.6 is 0 Å². The van der Waals surface area contributed by atoms with Crippen molar-refractivity contribution in [1.29, 1.82) is 0 Å². The number of halogens is 6. The molecule has 6 nitrogen and oxygen atoms in total. The molecule has 2 rings (SSSR count). The lowest BCUT2D eigenvalue weighted by Crippen LogP contribution is -2.55. The second-order valence-electron chi connectivity index (χ2n) is 6.57. The Bertz CT molecular complexity index is 862. The highest BCUT2D eigenvalue weighted by Crippen LogP contribution is 2.50. The van der Waals surface area contributed by atoms with Crippen LogP contribution in [0.4, 0.5) is 32.0 Å². The fourth-order valence-corrected chi connectivity index (χ4v) is 4.21. The van der Waals surface area contributed by atoms with Crippen LogP contribution in [-0.2, 0) is 19.6 Å². The summed E-state index contributed by atoms with van der Waals surface area (Å²) >= 11 is 0. The molecule has 1 saturated heterocycles. The Morgan fingerprint density at radius 1 is 1.07 bits per heavy atom. The minimum Gasteiger partial charge on any atom is -0.379 e. The number of rotatable bonds is 4. The second-order valence-corrected chi connectivity index (χ2v) is 8.48. The Balaban J connectivity index is 2.40. The lowest BCUT2D eigenvalue weighted by Gasteiger charge is -2.32.